The molecule has 0 aliphatic rings. The third kappa shape index (κ3) is 4.58. The number of hydrogen-bond donors (Lipinski definition) is 0. The molecule has 0 unspecified atom stereocenters. The van der Waals surface area contributed by atoms with E-state index in [-0.39, 0.29) is 5.56 Å². The second kappa shape index (κ2) is 5.87. The summed E-state index contributed by atoms with van der Waals surface area (Å²) in [7, 11) is 1.54. The lowest BCUT2D eigenvalue weighted by atomic mass is 10.0. The second-order valence-electron chi connectivity index (χ2n) is 5.84. The van der Waals surface area contributed by atoms with Crippen LogP contribution in [-0.4, -0.2) is 35.3 Å². The van der Waals surface area contributed by atoms with Crippen LogP contribution in [-0.2, 0) is 4.79 Å². The number of halogens is 3. The maximum atomic E-state index is 12.8. The van der Waals surface area contributed by atoms with Gasteiger partial charge in [-0.2, -0.15) is 18.3 Å². The Balaban J connectivity index is 3.34. The van der Waals surface area contributed by atoms with Crippen LogP contribution < -0.4 is 0 Å². The number of carbonyl (C=O) groups excluding carboxylic acids is 1. The molecule has 1 aromatic rings. The van der Waals surface area contributed by atoms with Crippen molar-refractivity contribution >= 4 is 11.5 Å². The first-order valence-corrected chi connectivity index (χ1v) is 6.44. The van der Waals surface area contributed by atoms with Gasteiger partial charge in [0.25, 0.3) is 5.78 Å². The fourth-order valence-corrected chi connectivity index (χ4v) is 1.38. The summed E-state index contributed by atoms with van der Waals surface area (Å²) in [5, 5.41) is 5.25. The molecule has 0 radical (unpaired) electrons. The van der Waals surface area contributed by atoms with Crippen molar-refractivity contribution in [2.75, 3.05) is 7.05 Å². The van der Waals surface area contributed by atoms with Gasteiger partial charge in [0.15, 0.2) is 0 Å². The van der Waals surface area contributed by atoms with Crippen molar-refractivity contribution < 1.29 is 18.0 Å². The molecule has 21 heavy (non-hydrogen) atoms. The van der Waals surface area contributed by atoms with Crippen LogP contribution in [0.3, 0.4) is 0 Å². The van der Waals surface area contributed by atoms with E-state index in [1.807, 2.05) is 6.92 Å². The Morgan fingerprint density at radius 1 is 1.10 bits per heavy atom. The SMILES string of the molecule is Cc1ccc(/C(=N\N(C)C(C)(C)C)C(=O)C(F)(F)F)cc1. The maximum Gasteiger partial charge on any atom is 0.456 e. The summed E-state index contributed by atoms with van der Waals surface area (Å²) in [5.74, 6) is -1.94. The van der Waals surface area contributed by atoms with Crippen LogP contribution in [0.5, 0.6) is 0 Å². The molecule has 0 saturated heterocycles. The molecule has 0 saturated carbocycles. The molecule has 1 rings (SSSR count). The Hall–Kier alpha value is -1.85. The first kappa shape index (κ1) is 17.2. The van der Waals surface area contributed by atoms with Gasteiger partial charge in [-0.15, -0.1) is 0 Å². The first-order chi connectivity index (χ1) is 9.43. The Bertz CT molecular complexity index is 540. The van der Waals surface area contributed by atoms with Crippen molar-refractivity contribution in [1.29, 1.82) is 0 Å². The second-order valence-corrected chi connectivity index (χ2v) is 5.84. The molecule has 0 aliphatic heterocycles. The topological polar surface area (TPSA) is 32.7 Å². The standard InChI is InChI=1S/C15H19F3N2O/c1-10-6-8-11(9-7-10)12(13(21)15(16,17)18)19-20(5)14(2,3)4/h6-9H,1-5H3/b19-12+. The molecule has 3 nitrogen and oxygen atoms in total. The highest BCUT2D eigenvalue weighted by Gasteiger charge is 2.42. The molecular formula is C15H19F3N2O. The number of hydrazone groups is 1. The van der Waals surface area contributed by atoms with Gasteiger partial charge in [0.1, 0.15) is 5.71 Å². The van der Waals surface area contributed by atoms with Crippen LogP contribution in [0.2, 0.25) is 0 Å². The predicted octanol–water partition coefficient (Wildman–Crippen LogP) is 3.56. The molecule has 0 heterocycles. The van der Waals surface area contributed by atoms with E-state index in [0.717, 1.165) is 5.56 Å². The highest BCUT2D eigenvalue weighted by atomic mass is 19.4. The number of Topliss-reactive ketones (excluding diaryl/α,β-unsaturated/α-hetero) is 1. The van der Waals surface area contributed by atoms with Gasteiger partial charge < -0.3 is 0 Å². The third-order valence-electron chi connectivity index (χ3n) is 3.02. The molecule has 0 aliphatic carbocycles. The summed E-state index contributed by atoms with van der Waals surface area (Å²) in [5.41, 5.74) is -0.0531. The van der Waals surface area contributed by atoms with Crippen LogP contribution in [0.15, 0.2) is 29.4 Å². The normalized spacial score (nSPS) is 13.2. The van der Waals surface area contributed by atoms with Crippen molar-refractivity contribution in [2.45, 2.75) is 39.4 Å². The zero-order valence-electron chi connectivity index (χ0n) is 12.7. The van der Waals surface area contributed by atoms with Gasteiger partial charge in [-0.25, -0.2) is 0 Å². The van der Waals surface area contributed by atoms with Gasteiger partial charge in [-0.05, 0) is 27.7 Å². The molecule has 0 spiro atoms. The van der Waals surface area contributed by atoms with Gasteiger partial charge in [0.2, 0.25) is 0 Å². The van der Waals surface area contributed by atoms with E-state index >= 15 is 0 Å². The number of hydrogen-bond acceptors (Lipinski definition) is 3. The number of nitrogens with zero attached hydrogens (tertiary/aromatic N) is 2. The number of ketones is 1. The molecular weight excluding hydrogens is 281 g/mol. The number of benzene rings is 1. The molecule has 0 fully saturated rings. The predicted molar refractivity (Wildman–Crippen MR) is 76.3 cm³/mol. The van der Waals surface area contributed by atoms with E-state index in [9.17, 15) is 18.0 Å². The average molecular weight is 300 g/mol. The number of carbonyl (C=O) groups is 1. The fourth-order valence-electron chi connectivity index (χ4n) is 1.38. The van der Waals surface area contributed by atoms with Gasteiger partial charge >= 0.3 is 6.18 Å². The zero-order valence-corrected chi connectivity index (χ0v) is 12.7. The Labute approximate surface area is 122 Å². The number of rotatable bonds is 3. The summed E-state index contributed by atoms with van der Waals surface area (Å²) in [6, 6.07) is 6.22. The molecule has 0 N–H and O–H groups in total. The van der Waals surface area contributed by atoms with E-state index < -0.39 is 23.2 Å². The molecule has 0 aromatic heterocycles. The average Bonchev–Trinajstić information content (AvgIpc) is 2.33. The number of aryl methyl sites for hydroxylation is 1. The summed E-state index contributed by atoms with van der Waals surface area (Å²) >= 11 is 0. The molecule has 0 atom stereocenters. The quantitative estimate of drug-likeness (QED) is 0.631. The highest BCUT2D eigenvalue weighted by Crippen LogP contribution is 2.21. The number of alkyl halides is 3. The molecule has 6 heteroatoms. The van der Waals surface area contributed by atoms with Crippen LogP contribution in [0.4, 0.5) is 13.2 Å². The van der Waals surface area contributed by atoms with Crippen LogP contribution in [0.25, 0.3) is 0 Å². The smallest absolute Gasteiger partial charge is 0.294 e. The van der Waals surface area contributed by atoms with Gasteiger partial charge in [0.05, 0.1) is 0 Å². The molecule has 116 valence electrons. The minimum atomic E-state index is -4.96. The maximum absolute atomic E-state index is 12.8. The summed E-state index contributed by atoms with van der Waals surface area (Å²) in [6.07, 6.45) is -4.96. The fraction of sp³-hybridized carbons (Fsp3) is 0.467. The van der Waals surface area contributed by atoms with Crippen molar-refractivity contribution in [3.63, 3.8) is 0 Å². The third-order valence-corrected chi connectivity index (χ3v) is 3.02. The van der Waals surface area contributed by atoms with Crippen LogP contribution in [0.1, 0.15) is 31.9 Å². The van der Waals surface area contributed by atoms with E-state index in [4.69, 9.17) is 0 Å². The monoisotopic (exact) mass is 300 g/mol. The van der Waals surface area contributed by atoms with E-state index in [1.165, 1.54) is 24.2 Å². The van der Waals surface area contributed by atoms with Crippen molar-refractivity contribution in [3.8, 4) is 0 Å². The van der Waals surface area contributed by atoms with Crippen molar-refractivity contribution in [2.24, 2.45) is 5.10 Å². The Kier molecular flexibility index (Phi) is 4.81. The Morgan fingerprint density at radius 3 is 1.95 bits per heavy atom. The molecule has 1 aromatic carbocycles. The first-order valence-electron chi connectivity index (χ1n) is 6.44. The van der Waals surface area contributed by atoms with Gasteiger partial charge in [-0.1, -0.05) is 29.8 Å². The summed E-state index contributed by atoms with van der Waals surface area (Å²) in [4.78, 5) is 11.6. The molecule has 0 bridgehead atoms. The summed E-state index contributed by atoms with van der Waals surface area (Å²) < 4.78 is 38.3. The Morgan fingerprint density at radius 2 is 1.57 bits per heavy atom. The van der Waals surface area contributed by atoms with Crippen molar-refractivity contribution in [3.05, 3.63) is 35.4 Å². The lowest BCUT2D eigenvalue weighted by molar-refractivity contribution is -0.163. The zero-order chi connectivity index (χ0) is 16.4. The minimum Gasteiger partial charge on any atom is -0.294 e. The lowest BCUT2D eigenvalue weighted by Crippen LogP contribution is -2.38. The van der Waals surface area contributed by atoms with Crippen LogP contribution in [0, 0.1) is 6.92 Å². The molecule has 0 amide bonds. The van der Waals surface area contributed by atoms with Gasteiger partial charge in [0, 0.05) is 18.2 Å². The largest absolute Gasteiger partial charge is 0.456 e. The van der Waals surface area contributed by atoms with E-state index in [2.05, 4.69) is 5.10 Å². The van der Waals surface area contributed by atoms with Gasteiger partial charge in [-0.3, -0.25) is 9.80 Å². The highest BCUT2D eigenvalue weighted by molar-refractivity contribution is 6.47. The summed E-state index contributed by atoms with van der Waals surface area (Å²) in [6.45, 7) is 7.19. The minimum absolute atomic E-state index is 0.152. The van der Waals surface area contributed by atoms with E-state index in [1.54, 1.807) is 32.9 Å². The lowest BCUT2D eigenvalue weighted by Gasteiger charge is -2.30. The van der Waals surface area contributed by atoms with Crippen LogP contribution >= 0.6 is 0 Å². The van der Waals surface area contributed by atoms with Crippen molar-refractivity contribution in [1.82, 2.24) is 5.01 Å². The van der Waals surface area contributed by atoms with E-state index in [0.29, 0.717) is 0 Å².